The normalized spacial score (nSPS) is 19.9. The third-order valence-corrected chi connectivity index (χ3v) is 5.30. The van der Waals surface area contributed by atoms with Crippen LogP contribution < -0.4 is 5.32 Å². The molecule has 2 unspecified atom stereocenters. The van der Waals surface area contributed by atoms with Crippen molar-refractivity contribution in [2.45, 2.75) is 57.7 Å². The minimum absolute atomic E-state index is 0.0513. The first-order valence-corrected chi connectivity index (χ1v) is 9.81. The van der Waals surface area contributed by atoms with Gasteiger partial charge in [0, 0.05) is 36.7 Å². The highest BCUT2D eigenvalue weighted by molar-refractivity contribution is 6.05. The molecule has 8 heteroatoms. The largest absolute Gasteiger partial charge is 0.465 e. The van der Waals surface area contributed by atoms with E-state index in [1.54, 1.807) is 0 Å². The molecule has 3 N–H and O–H groups in total. The van der Waals surface area contributed by atoms with Gasteiger partial charge in [-0.1, -0.05) is 18.2 Å². The molecule has 2 heterocycles. The molecule has 1 fully saturated rings. The molecule has 2 atom stereocenters. The standard InChI is InChI=1S/C20H28N4O4/c1-13(2)24-17-8-4-3-7-16(17)18(22-24)19(26)21-14-9-10-15(6-5-11-25)23(12-14)20(27)28/h3-4,7-8,13-15,25H,5-6,9-12H2,1-2H3,(H,21,26)(H,27,28). The number of aliphatic hydroxyl groups is 1. The Morgan fingerprint density at radius 2 is 2.04 bits per heavy atom. The first-order valence-electron chi connectivity index (χ1n) is 9.81. The number of nitrogens with one attached hydrogen (secondary N) is 1. The van der Waals surface area contributed by atoms with E-state index in [1.165, 1.54) is 4.90 Å². The summed E-state index contributed by atoms with van der Waals surface area (Å²) >= 11 is 0. The number of carbonyl (C=O) groups is 2. The van der Waals surface area contributed by atoms with Crippen molar-refractivity contribution in [3.8, 4) is 0 Å². The van der Waals surface area contributed by atoms with E-state index in [1.807, 2.05) is 42.8 Å². The van der Waals surface area contributed by atoms with Gasteiger partial charge in [-0.15, -0.1) is 0 Å². The smallest absolute Gasteiger partial charge is 0.407 e. The molecule has 0 saturated carbocycles. The Hall–Kier alpha value is -2.61. The summed E-state index contributed by atoms with van der Waals surface area (Å²) in [6.45, 7) is 4.33. The van der Waals surface area contributed by atoms with Gasteiger partial charge in [-0.25, -0.2) is 4.79 Å². The molecule has 2 amide bonds. The lowest BCUT2D eigenvalue weighted by molar-refractivity contribution is 0.0766. The fourth-order valence-electron chi connectivity index (χ4n) is 3.91. The first-order chi connectivity index (χ1) is 13.4. The van der Waals surface area contributed by atoms with E-state index < -0.39 is 6.09 Å². The quantitative estimate of drug-likeness (QED) is 0.705. The topological polar surface area (TPSA) is 108 Å². The number of hydrogen-bond acceptors (Lipinski definition) is 4. The number of nitrogens with zero attached hydrogens (tertiary/aromatic N) is 3. The zero-order valence-electron chi connectivity index (χ0n) is 16.3. The Labute approximate surface area is 164 Å². The van der Waals surface area contributed by atoms with Crippen LogP contribution in [0.25, 0.3) is 10.9 Å². The molecular weight excluding hydrogens is 360 g/mol. The maximum atomic E-state index is 12.9. The summed E-state index contributed by atoms with van der Waals surface area (Å²) in [4.78, 5) is 25.9. The van der Waals surface area contributed by atoms with Crippen LogP contribution in [0.15, 0.2) is 24.3 Å². The van der Waals surface area contributed by atoms with Crippen LogP contribution in [0.4, 0.5) is 4.79 Å². The monoisotopic (exact) mass is 388 g/mol. The highest BCUT2D eigenvalue weighted by Crippen LogP contribution is 2.24. The summed E-state index contributed by atoms with van der Waals surface area (Å²) in [5, 5.41) is 26.8. The van der Waals surface area contributed by atoms with E-state index in [9.17, 15) is 14.7 Å². The fraction of sp³-hybridized carbons (Fsp3) is 0.550. The minimum Gasteiger partial charge on any atom is -0.465 e. The van der Waals surface area contributed by atoms with Crippen molar-refractivity contribution in [2.75, 3.05) is 13.2 Å². The van der Waals surface area contributed by atoms with Gasteiger partial charge >= 0.3 is 6.09 Å². The molecule has 1 aliphatic rings. The van der Waals surface area contributed by atoms with Crippen LogP contribution in [-0.4, -0.2) is 62.1 Å². The van der Waals surface area contributed by atoms with Gasteiger partial charge in [-0.2, -0.15) is 5.10 Å². The Morgan fingerprint density at radius 3 is 2.71 bits per heavy atom. The highest BCUT2D eigenvalue weighted by atomic mass is 16.4. The van der Waals surface area contributed by atoms with Crippen LogP contribution in [0, 0.1) is 0 Å². The fourth-order valence-corrected chi connectivity index (χ4v) is 3.91. The van der Waals surface area contributed by atoms with E-state index in [0.29, 0.717) is 31.4 Å². The van der Waals surface area contributed by atoms with E-state index in [0.717, 1.165) is 10.9 Å². The van der Waals surface area contributed by atoms with E-state index in [2.05, 4.69) is 10.4 Å². The Bertz CT molecular complexity index is 848. The Balaban J connectivity index is 1.75. The van der Waals surface area contributed by atoms with Crippen molar-refractivity contribution in [3.63, 3.8) is 0 Å². The summed E-state index contributed by atoms with van der Waals surface area (Å²) in [5.41, 5.74) is 1.27. The number of aromatic nitrogens is 2. The van der Waals surface area contributed by atoms with Crippen molar-refractivity contribution in [2.24, 2.45) is 0 Å². The average molecular weight is 388 g/mol. The predicted molar refractivity (Wildman–Crippen MR) is 105 cm³/mol. The number of aliphatic hydroxyl groups excluding tert-OH is 1. The maximum Gasteiger partial charge on any atom is 0.407 e. The number of fused-ring (bicyclic) bond motifs is 1. The summed E-state index contributed by atoms with van der Waals surface area (Å²) in [5.74, 6) is -0.278. The second-order valence-corrected chi connectivity index (χ2v) is 7.61. The van der Waals surface area contributed by atoms with Crippen LogP contribution in [0.5, 0.6) is 0 Å². The number of benzene rings is 1. The number of rotatable bonds is 6. The van der Waals surface area contributed by atoms with E-state index in [-0.39, 0.29) is 37.2 Å². The number of piperidine rings is 1. The van der Waals surface area contributed by atoms with Gasteiger partial charge in [0.05, 0.1) is 5.52 Å². The Morgan fingerprint density at radius 1 is 1.29 bits per heavy atom. The zero-order valence-corrected chi connectivity index (χ0v) is 16.3. The summed E-state index contributed by atoms with van der Waals surface area (Å²) in [6, 6.07) is 7.38. The van der Waals surface area contributed by atoms with E-state index >= 15 is 0 Å². The summed E-state index contributed by atoms with van der Waals surface area (Å²) in [7, 11) is 0. The van der Waals surface area contributed by atoms with Crippen LogP contribution in [0.2, 0.25) is 0 Å². The summed E-state index contributed by atoms with van der Waals surface area (Å²) < 4.78 is 1.83. The van der Waals surface area contributed by atoms with E-state index in [4.69, 9.17) is 5.11 Å². The van der Waals surface area contributed by atoms with Crippen molar-refractivity contribution < 1.29 is 19.8 Å². The zero-order chi connectivity index (χ0) is 20.3. The number of hydrogen-bond donors (Lipinski definition) is 3. The van der Waals surface area contributed by atoms with Crippen molar-refractivity contribution in [3.05, 3.63) is 30.0 Å². The average Bonchev–Trinajstić information content (AvgIpc) is 3.07. The molecule has 1 aromatic carbocycles. The van der Waals surface area contributed by atoms with Crippen LogP contribution in [-0.2, 0) is 0 Å². The number of carbonyl (C=O) groups excluding carboxylic acids is 1. The molecule has 0 radical (unpaired) electrons. The SMILES string of the molecule is CC(C)n1nc(C(=O)NC2CCC(CCCO)N(C(=O)O)C2)c2ccccc21. The lowest BCUT2D eigenvalue weighted by atomic mass is 9.95. The second kappa shape index (κ2) is 8.60. The molecule has 28 heavy (non-hydrogen) atoms. The maximum absolute atomic E-state index is 12.9. The molecule has 0 spiro atoms. The second-order valence-electron chi connectivity index (χ2n) is 7.61. The third kappa shape index (κ3) is 4.11. The van der Waals surface area contributed by atoms with Crippen LogP contribution in [0.3, 0.4) is 0 Å². The number of carboxylic acid groups (broad SMARTS) is 1. The van der Waals surface area contributed by atoms with Crippen LogP contribution in [0.1, 0.15) is 56.1 Å². The first kappa shape index (κ1) is 20.1. The number of likely N-dealkylation sites (tertiary alicyclic amines) is 1. The van der Waals surface area contributed by atoms with Gasteiger partial charge in [-0.3, -0.25) is 9.48 Å². The van der Waals surface area contributed by atoms with Gasteiger partial charge in [0.1, 0.15) is 0 Å². The number of para-hydroxylation sites is 1. The van der Waals surface area contributed by atoms with Gasteiger partial charge in [0.2, 0.25) is 0 Å². The van der Waals surface area contributed by atoms with Crippen LogP contribution >= 0.6 is 0 Å². The molecular formula is C20H28N4O4. The predicted octanol–water partition coefficient (Wildman–Crippen LogP) is 2.63. The minimum atomic E-state index is -0.989. The molecule has 2 aromatic rings. The van der Waals surface area contributed by atoms with Crippen molar-refractivity contribution in [1.29, 1.82) is 0 Å². The molecule has 8 nitrogen and oxygen atoms in total. The summed E-state index contributed by atoms with van der Waals surface area (Å²) in [6.07, 6.45) is 1.58. The molecule has 3 rings (SSSR count). The Kier molecular flexibility index (Phi) is 6.18. The van der Waals surface area contributed by atoms with Gasteiger partial charge in [-0.05, 0) is 45.6 Å². The van der Waals surface area contributed by atoms with Gasteiger partial charge in [0.25, 0.3) is 5.91 Å². The van der Waals surface area contributed by atoms with Gasteiger partial charge < -0.3 is 20.4 Å². The highest BCUT2D eigenvalue weighted by Gasteiger charge is 2.32. The molecule has 0 bridgehead atoms. The van der Waals surface area contributed by atoms with Crippen molar-refractivity contribution in [1.82, 2.24) is 20.0 Å². The third-order valence-electron chi connectivity index (χ3n) is 5.30. The lowest BCUT2D eigenvalue weighted by Crippen LogP contribution is -2.53. The van der Waals surface area contributed by atoms with Gasteiger partial charge in [0.15, 0.2) is 5.69 Å². The molecule has 0 aliphatic carbocycles. The molecule has 152 valence electrons. The molecule has 1 aliphatic heterocycles. The molecule has 1 saturated heterocycles. The lowest BCUT2D eigenvalue weighted by Gasteiger charge is -2.38. The number of amides is 2. The van der Waals surface area contributed by atoms with Crippen molar-refractivity contribution >= 4 is 22.9 Å². The molecule has 1 aromatic heterocycles.